The third-order valence-electron chi connectivity index (χ3n) is 4.74. The van der Waals surface area contributed by atoms with E-state index in [1.54, 1.807) is 0 Å². The van der Waals surface area contributed by atoms with E-state index in [1.807, 2.05) is 18.3 Å². The molecule has 0 aliphatic heterocycles. The standard InChI is InChI=1S/C25H29NO/c1-3-5-6-7-24-15-12-23(19-26-24)22-10-8-20(9-11-22)21-13-16-25(17-14-21)27-18-4-2/h8-17,19H,3-7,18H2,1-2H3. The molecule has 0 radical (unpaired) electrons. The predicted molar refractivity (Wildman–Crippen MR) is 114 cm³/mol. The highest BCUT2D eigenvalue weighted by molar-refractivity contribution is 5.70. The molecule has 0 bridgehead atoms. The van der Waals surface area contributed by atoms with Crippen molar-refractivity contribution in [2.45, 2.75) is 46.0 Å². The van der Waals surface area contributed by atoms with Crippen LogP contribution in [0, 0.1) is 0 Å². The highest BCUT2D eigenvalue weighted by Crippen LogP contribution is 2.26. The summed E-state index contributed by atoms with van der Waals surface area (Å²) in [5, 5.41) is 0. The van der Waals surface area contributed by atoms with Crippen molar-refractivity contribution in [1.29, 1.82) is 0 Å². The molecule has 3 rings (SSSR count). The molecule has 0 aliphatic carbocycles. The lowest BCUT2D eigenvalue weighted by molar-refractivity contribution is 0.317. The van der Waals surface area contributed by atoms with Crippen molar-refractivity contribution in [3.63, 3.8) is 0 Å². The summed E-state index contributed by atoms with van der Waals surface area (Å²) in [6, 6.07) is 21.4. The third kappa shape index (κ3) is 5.43. The van der Waals surface area contributed by atoms with Crippen LogP contribution in [-0.2, 0) is 6.42 Å². The minimum atomic E-state index is 0.763. The molecule has 2 aromatic carbocycles. The molecule has 0 unspecified atom stereocenters. The molecule has 1 aromatic heterocycles. The number of nitrogens with zero attached hydrogens (tertiary/aromatic N) is 1. The van der Waals surface area contributed by atoms with E-state index in [0.717, 1.165) is 25.2 Å². The van der Waals surface area contributed by atoms with Gasteiger partial charge in [-0.05, 0) is 54.2 Å². The van der Waals surface area contributed by atoms with Gasteiger partial charge in [-0.15, -0.1) is 0 Å². The Hall–Kier alpha value is -2.61. The second-order valence-corrected chi connectivity index (χ2v) is 6.95. The van der Waals surface area contributed by atoms with Gasteiger partial charge in [0.25, 0.3) is 0 Å². The van der Waals surface area contributed by atoms with E-state index in [4.69, 9.17) is 4.74 Å². The fourth-order valence-electron chi connectivity index (χ4n) is 3.12. The van der Waals surface area contributed by atoms with Gasteiger partial charge in [-0.25, -0.2) is 0 Å². The quantitative estimate of drug-likeness (QED) is 0.386. The van der Waals surface area contributed by atoms with Crippen LogP contribution < -0.4 is 4.74 Å². The minimum Gasteiger partial charge on any atom is -0.494 e. The van der Waals surface area contributed by atoms with Crippen LogP contribution >= 0.6 is 0 Å². The Morgan fingerprint density at radius 1 is 0.667 bits per heavy atom. The molecule has 0 atom stereocenters. The second kappa shape index (κ2) is 9.91. The van der Waals surface area contributed by atoms with E-state index in [9.17, 15) is 0 Å². The maximum Gasteiger partial charge on any atom is 0.119 e. The van der Waals surface area contributed by atoms with Gasteiger partial charge in [0, 0.05) is 17.5 Å². The average Bonchev–Trinajstić information content (AvgIpc) is 2.73. The monoisotopic (exact) mass is 359 g/mol. The first-order valence-corrected chi connectivity index (χ1v) is 10.1. The van der Waals surface area contributed by atoms with Crippen molar-refractivity contribution >= 4 is 0 Å². The van der Waals surface area contributed by atoms with Crippen molar-refractivity contribution in [1.82, 2.24) is 4.98 Å². The van der Waals surface area contributed by atoms with Gasteiger partial charge in [0.1, 0.15) is 5.75 Å². The van der Waals surface area contributed by atoms with Crippen LogP contribution in [0.15, 0.2) is 66.9 Å². The average molecular weight is 360 g/mol. The van der Waals surface area contributed by atoms with Crippen LogP contribution in [0.3, 0.4) is 0 Å². The molecule has 0 N–H and O–H groups in total. The number of aryl methyl sites for hydroxylation is 1. The normalized spacial score (nSPS) is 10.7. The molecule has 0 amide bonds. The summed E-state index contributed by atoms with van der Waals surface area (Å²) in [5.41, 5.74) is 5.98. The summed E-state index contributed by atoms with van der Waals surface area (Å²) in [6.45, 7) is 5.11. The maximum absolute atomic E-state index is 5.66. The van der Waals surface area contributed by atoms with Crippen LogP contribution in [0.2, 0.25) is 0 Å². The zero-order chi connectivity index (χ0) is 18.9. The number of aromatic nitrogens is 1. The zero-order valence-electron chi connectivity index (χ0n) is 16.4. The number of pyridine rings is 1. The fraction of sp³-hybridized carbons (Fsp3) is 0.320. The lowest BCUT2D eigenvalue weighted by Crippen LogP contribution is -1.94. The molecule has 140 valence electrons. The van der Waals surface area contributed by atoms with E-state index in [2.05, 4.69) is 67.4 Å². The molecular weight excluding hydrogens is 330 g/mol. The molecule has 0 fully saturated rings. The molecule has 2 heteroatoms. The van der Waals surface area contributed by atoms with Gasteiger partial charge in [0.2, 0.25) is 0 Å². The summed E-state index contributed by atoms with van der Waals surface area (Å²) in [5.74, 6) is 0.933. The van der Waals surface area contributed by atoms with Crippen molar-refractivity contribution in [3.05, 3.63) is 72.6 Å². The molecular formula is C25H29NO. The Morgan fingerprint density at radius 3 is 1.81 bits per heavy atom. The highest BCUT2D eigenvalue weighted by Gasteiger charge is 2.03. The molecule has 0 saturated heterocycles. The molecule has 2 nitrogen and oxygen atoms in total. The summed E-state index contributed by atoms with van der Waals surface area (Å²) in [7, 11) is 0. The topological polar surface area (TPSA) is 22.1 Å². The van der Waals surface area contributed by atoms with Crippen molar-refractivity contribution < 1.29 is 4.74 Å². The van der Waals surface area contributed by atoms with Crippen molar-refractivity contribution in [3.8, 4) is 28.0 Å². The molecule has 0 spiro atoms. The number of ether oxygens (including phenoxy) is 1. The van der Waals surface area contributed by atoms with E-state index in [0.29, 0.717) is 0 Å². The number of hydrogen-bond donors (Lipinski definition) is 0. The SMILES string of the molecule is CCCCCc1ccc(-c2ccc(-c3ccc(OCCC)cc3)cc2)cn1. The van der Waals surface area contributed by atoms with Gasteiger partial charge >= 0.3 is 0 Å². The third-order valence-corrected chi connectivity index (χ3v) is 4.74. The smallest absolute Gasteiger partial charge is 0.119 e. The molecule has 0 aliphatic rings. The predicted octanol–water partition coefficient (Wildman–Crippen LogP) is 6.94. The number of rotatable bonds is 9. The summed E-state index contributed by atoms with van der Waals surface area (Å²) in [4.78, 5) is 4.63. The number of hydrogen-bond acceptors (Lipinski definition) is 2. The fourth-order valence-corrected chi connectivity index (χ4v) is 3.12. The number of unbranched alkanes of at least 4 members (excludes halogenated alkanes) is 2. The lowest BCUT2D eigenvalue weighted by atomic mass is 10.0. The van der Waals surface area contributed by atoms with Gasteiger partial charge in [-0.2, -0.15) is 0 Å². The Bertz CT molecular complexity index is 804. The Balaban J connectivity index is 1.66. The van der Waals surface area contributed by atoms with E-state index in [1.165, 1.54) is 47.2 Å². The number of benzene rings is 2. The van der Waals surface area contributed by atoms with E-state index < -0.39 is 0 Å². The largest absolute Gasteiger partial charge is 0.494 e. The Morgan fingerprint density at radius 2 is 1.26 bits per heavy atom. The van der Waals surface area contributed by atoms with Crippen LogP contribution in [0.1, 0.15) is 45.2 Å². The highest BCUT2D eigenvalue weighted by atomic mass is 16.5. The molecule has 3 aromatic rings. The van der Waals surface area contributed by atoms with Crippen molar-refractivity contribution in [2.75, 3.05) is 6.61 Å². The maximum atomic E-state index is 5.66. The van der Waals surface area contributed by atoms with Crippen LogP contribution in [0.5, 0.6) is 5.75 Å². The van der Waals surface area contributed by atoms with Crippen LogP contribution in [-0.4, -0.2) is 11.6 Å². The molecule has 1 heterocycles. The zero-order valence-corrected chi connectivity index (χ0v) is 16.4. The first kappa shape index (κ1) is 19.2. The summed E-state index contributed by atoms with van der Waals surface area (Å²) < 4.78 is 5.66. The lowest BCUT2D eigenvalue weighted by Gasteiger charge is -2.08. The van der Waals surface area contributed by atoms with Crippen LogP contribution in [0.25, 0.3) is 22.3 Å². The Kier molecular flexibility index (Phi) is 7.04. The molecule has 27 heavy (non-hydrogen) atoms. The van der Waals surface area contributed by atoms with Gasteiger partial charge < -0.3 is 4.74 Å². The Labute approximate surface area is 163 Å². The minimum absolute atomic E-state index is 0.763. The first-order chi connectivity index (χ1) is 13.3. The molecule has 0 saturated carbocycles. The second-order valence-electron chi connectivity index (χ2n) is 6.95. The van der Waals surface area contributed by atoms with Gasteiger partial charge in [0.15, 0.2) is 0 Å². The van der Waals surface area contributed by atoms with Crippen molar-refractivity contribution in [2.24, 2.45) is 0 Å². The van der Waals surface area contributed by atoms with E-state index >= 15 is 0 Å². The van der Waals surface area contributed by atoms with Gasteiger partial charge in [0.05, 0.1) is 6.61 Å². The van der Waals surface area contributed by atoms with Gasteiger partial charge in [-0.3, -0.25) is 4.98 Å². The summed E-state index contributed by atoms with van der Waals surface area (Å²) in [6.07, 6.45) is 7.84. The first-order valence-electron chi connectivity index (χ1n) is 10.1. The van der Waals surface area contributed by atoms with Crippen LogP contribution in [0.4, 0.5) is 0 Å². The van der Waals surface area contributed by atoms with Gasteiger partial charge in [-0.1, -0.05) is 69.2 Å². The van der Waals surface area contributed by atoms with E-state index in [-0.39, 0.29) is 0 Å². The summed E-state index contributed by atoms with van der Waals surface area (Å²) >= 11 is 0.